The summed E-state index contributed by atoms with van der Waals surface area (Å²) in [5.74, 6) is 0.929. The van der Waals surface area contributed by atoms with Crippen molar-refractivity contribution in [2.75, 3.05) is 12.3 Å². The molecule has 0 spiro atoms. The van der Waals surface area contributed by atoms with Crippen molar-refractivity contribution >= 4 is 46.6 Å². The first-order chi connectivity index (χ1) is 10.1. The number of thioether (sulfide) groups is 1. The number of hydrogen-bond acceptors (Lipinski definition) is 2. The molecule has 1 nitrogen and oxygen atoms in total. The first kappa shape index (κ1) is 17.0. The second-order valence-corrected chi connectivity index (χ2v) is 7.07. The monoisotopic (exact) mass is 359 g/mol. The molecule has 0 radical (unpaired) electrons. The smallest absolute Gasteiger partial charge is 0.0542 e. The number of halogens is 3. The summed E-state index contributed by atoms with van der Waals surface area (Å²) in [6.07, 6.45) is 0. The molecule has 1 atom stereocenters. The van der Waals surface area contributed by atoms with Crippen LogP contribution in [0.25, 0.3) is 0 Å². The lowest BCUT2D eigenvalue weighted by Gasteiger charge is -2.14. The molecule has 0 aliphatic carbocycles. The molecule has 0 aliphatic rings. The molecule has 21 heavy (non-hydrogen) atoms. The maximum Gasteiger partial charge on any atom is 0.0542 e. The van der Waals surface area contributed by atoms with Gasteiger partial charge in [0.15, 0.2) is 0 Å². The van der Waals surface area contributed by atoms with E-state index in [2.05, 4.69) is 12.2 Å². The summed E-state index contributed by atoms with van der Waals surface area (Å²) >= 11 is 19.7. The van der Waals surface area contributed by atoms with Crippen LogP contribution in [0.2, 0.25) is 15.1 Å². The quantitative estimate of drug-likeness (QED) is 0.494. The maximum atomic E-state index is 6.14. The van der Waals surface area contributed by atoms with E-state index in [4.69, 9.17) is 34.8 Å². The van der Waals surface area contributed by atoms with Crippen molar-refractivity contribution in [1.82, 2.24) is 5.32 Å². The molecule has 0 amide bonds. The third-order valence-corrected chi connectivity index (χ3v) is 5.06. The minimum atomic E-state index is 0.290. The Labute approximate surface area is 145 Å². The third kappa shape index (κ3) is 5.39. The molecular formula is C16H16Cl3NS. The molecule has 0 aromatic heterocycles. The van der Waals surface area contributed by atoms with E-state index in [1.807, 2.05) is 36.4 Å². The van der Waals surface area contributed by atoms with Crippen LogP contribution in [0, 0.1) is 0 Å². The summed E-state index contributed by atoms with van der Waals surface area (Å²) in [6, 6.07) is 13.7. The lowest BCUT2D eigenvalue weighted by Crippen LogP contribution is -2.21. The Hall–Kier alpha value is -0.380. The van der Waals surface area contributed by atoms with E-state index in [9.17, 15) is 0 Å². The van der Waals surface area contributed by atoms with Gasteiger partial charge in [0.1, 0.15) is 0 Å². The molecule has 1 N–H and O–H groups in total. The van der Waals surface area contributed by atoms with E-state index in [0.717, 1.165) is 27.2 Å². The minimum absolute atomic E-state index is 0.290. The lowest BCUT2D eigenvalue weighted by molar-refractivity contribution is 0.601. The fourth-order valence-electron chi connectivity index (χ4n) is 1.89. The molecule has 2 aromatic carbocycles. The highest BCUT2D eigenvalue weighted by atomic mass is 35.5. The molecule has 2 aromatic rings. The van der Waals surface area contributed by atoms with Crippen LogP contribution in [-0.4, -0.2) is 12.3 Å². The standard InChI is InChI=1S/C16H16Cl3NS/c1-11(12-2-4-13(17)5-3-12)20-8-9-21-16-10-14(18)6-7-15(16)19/h2-7,10-11,20H,8-9H2,1H3. The molecule has 0 saturated heterocycles. The van der Waals surface area contributed by atoms with Crippen molar-refractivity contribution in [1.29, 1.82) is 0 Å². The van der Waals surface area contributed by atoms with Gasteiger partial charge in [-0.2, -0.15) is 0 Å². The Bertz CT molecular complexity index is 587. The number of hydrogen-bond donors (Lipinski definition) is 1. The second kappa shape index (κ2) is 8.30. The zero-order valence-electron chi connectivity index (χ0n) is 11.6. The minimum Gasteiger partial charge on any atom is -0.309 e. The lowest BCUT2D eigenvalue weighted by atomic mass is 10.1. The van der Waals surface area contributed by atoms with Crippen LogP contribution in [0.3, 0.4) is 0 Å². The topological polar surface area (TPSA) is 12.0 Å². The van der Waals surface area contributed by atoms with E-state index in [1.165, 1.54) is 5.56 Å². The molecule has 112 valence electrons. The fourth-order valence-corrected chi connectivity index (χ4v) is 3.39. The van der Waals surface area contributed by atoms with Crippen LogP contribution in [0.5, 0.6) is 0 Å². The normalized spacial score (nSPS) is 12.4. The van der Waals surface area contributed by atoms with Crippen LogP contribution in [-0.2, 0) is 0 Å². The van der Waals surface area contributed by atoms with Gasteiger partial charge in [-0.1, -0.05) is 46.9 Å². The van der Waals surface area contributed by atoms with E-state index < -0.39 is 0 Å². The second-order valence-electron chi connectivity index (χ2n) is 4.65. The highest BCUT2D eigenvalue weighted by Gasteiger charge is 2.05. The van der Waals surface area contributed by atoms with Gasteiger partial charge in [0.05, 0.1) is 5.02 Å². The zero-order valence-corrected chi connectivity index (χ0v) is 14.7. The third-order valence-electron chi connectivity index (χ3n) is 3.07. The Kier molecular flexibility index (Phi) is 6.72. The summed E-state index contributed by atoms with van der Waals surface area (Å²) < 4.78 is 0. The van der Waals surface area contributed by atoms with Gasteiger partial charge >= 0.3 is 0 Å². The van der Waals surface area contributed by atoms with Gasteiger partial charge < -0.3 is 5.32 Å². The van der Waals surface area contributed by atoms with Gasteiger partial charge in [0.25, 0.3) is 0 Å². The molecule has 1 unspecified atom stereocenters. The van der Waals surface area contributed by atoms with Crippen LogP contribution in [0.4, 0.5) is 0 Å². The number of nitrogens with one attached hydrogen (secondary N) is 1. The Morgan fingerprint density at radius 3 is 2.38 bits per heavy atom. The van der Waals surface area contributed by atoms with Crippen molar-refractivity contribution in [3.8, 4) is 0 Å². The summed E-state index contributed by atoms with van der Waals surface area (Å²) in [5, 5.41) is 5.70. The molecule has 5 heteroatoms. The predicted octanol–water partition coefficient (Wildman–Crippen LogP) is 6.09. The van der Waals surface area contributed by atoms with Crippen molar-refractivity contribution in [2.24, 2.45) is 0 Å². The predicted molar refractivity (Wildman–Crippen MR) is 95.1 cm³/mol. The molecule has 0 aliphatic heterocycles. The first-order valence-corrected chi connectivity index (χ1v) is 8.75. The summed E-state index contributed by atoms with van der Waals surface area (Å²) in [7, 11) is 0. The van der Waals surface area contributed by atoms with Gasteiger partial charge in [0.2, 0.25) is 0 Å². The summed E-state index contributed by atoms with van der Waals surface area (Å²) in [4.78, 5) is 1.02. The van der Waals surface area contributed by atoms with E-state index in [0.29, 0.717) is 5.02 Å². The Balaban J connectivity index is 1.79. The SMILES string of the molecule is CC(NCCSc1cc(Cl)ccc1Cl)c1ccc(Cl)cc1. The molecule has 2 rings (SSSR count). The van der Waals surface area contributed by atoms with Crippen molar-refractivity contribution in [3.63, 3.8) is 0 Å². The van der Waals surface area contributed by atoms with Gasteiger partial charge in [-0.05, 0) is 42.8 Å². The fraction of sp³-hybridized carbons (Fsp3) is 0.250. The molecule has 0 heterocycles. The molecule has 0 fully saturated rings. The van der Waals surface area contributed by atoms with Crippen LogP contribution in [0.1, 0.15) is 18.5 Å². The van der Waals surface area contributed by atoms with Gasteiger partial charge in [-0.15, -0.1) is 11.8 Å². The van der Waals surface area contributed by atoms with Crippen molar-refractivity contribution in [2.45, 2.75) is 17.9 Å². The summed E-state index contributed by atoms with van der Waals surface area (Å²) in [6.45, 7) is 3.03. The highest BCUT2D eigenvalue weighted by Crippen LogP contribution is 2.29. The van der Waals surface area contributed by atoms with E-state index >= 15 is 0 Å². The largest absolute Gasteiger partial charge is 0.309 e. The molecular weight excluding hydrogens is 345 g/mol. The van der Waals surface area contributed by atoms with Crippen LogP contribution in [0.15, 0.2) is 47.4 Å². The molecule has 0 saturated carbocycles. The maximum absolute atomic E-state index is 6.14. The van der Waals surface area contributed by atoms with Crippen LogP contribution < -0.4 is 5.32 Å². The molecule has 0 bridgehead atoms. The van der Waals surface area contributed by atoms with Crippen LogP contribution >= 0.6 is 46.6 Å². The van der Waals surface area contributed by atoms with Crippen molar-refractivity contribution in [3.05, 3.63) is 63.1 Å². The van der Waals surface area contributed by atoms with Crippen molar-refractivity contribution < 1.29 is 0 Å². The van der Waals surface area contributed by atoms with E-state index in [1.54, 1.807) is 17.8 Å². The number of benzene rings is 2. The number of rotatable bonds is 6. The van der Waals surface area contributed by atoms with Gasteiger partial charge in [-0.3, -0.25) is 0 Å². The average molecular weight is 361 g/mol. The van der Waals surface area contributed by atoms with Gasteiger partial charge in [-0.25, -0.2) is 0 Å². The zero-order chi connectivity index (χ0) is 15.2. The first-order valence-electron chi connectivity index (χ1n) is 6.63. The highest BCUT2D eigenvalue weighted by molar-refractivity contribution is 7.99. The Morgan fingerprint density at radius 1 is 1.00 bits per heavy atom. The van der Waals surface area contributed by atoms with Gasteiger partial charge in [0, 0.05) is 33.3 Å². The Morgan fingerprint density at radius 2 is 1.67 bits per heavy atom. The van der Waals surface area contributed by atoms with E-state index in [-0.39, 0.29) is 6.04 Å². The summed E-state index contributed by atoms with van der Waals surface area (Å²) in [5.41, 5.74) is 1.23. The average Bonchev–Trinajstić information content (AvgIpc) is 2.47.